The second kappa shape index (κ2) is 17.2. The van der Waals surface area contributed by atoms with E-state index in [9.17, 15) is 4.79 Å². The average Bonchev–Trinajstić information content (AvgIpc) is 3.53. The second-order valence-corrected chi connectivity index (χ2v) is 12.7. The molecule has 0 atom stereocenters. The van der Waals surface area contributed by atoms with E-state index in [0.29, 0.717) is 19.0 Å². The Kier molecular flexibility index (Phi) is 12.5. The van der Waals surface area contributed by atoms with Crippen LogP contribution in [0, 0.1) is 0 Å². The van der Waals surface area contributed by atoms with Crippen molar-refractivity contribution in [3.63, 3.8) is 0 Å². The van der Waals surface area contributed by atoms with Crippen LogP contribution in [0.5, 0.6) is 5.75 Å². The molecule has 5 rings (SSSR count). The van der Waals surface area contributed by atoms with E-state index in [-0.39, 0.29) is 0 Å². The van der Waals surface area contributed by atoms with Crippen molar-refractivity contribution in [3.8, 4) is 5.75 Å². The number of anilines is 2. The first kappa shape index (κ1) is 32.0. The van der Waals surface area contributed by atoms with Crippen LogP contribution in [0.15, 0.2) is 60.0 Å². The molecular formula is C36H48N4O3S. The summed E-state index contributed by atoms with van der Waals surface area (Å²) in [6.45, 7) is 8.79. The average molecular weight is 617 g/mol. The number of ether oxygens (including phenoxy) is 2. The highest BCUT2D eigenvalue weighted by Gasteiger charge is 2.18. The van der Waals surface area contributed by atoms with Crippen molar-refractivity contribution in [1.82, 2.24) is 9.88 Å². The topological polar surface area (TPSA) is 66.9 Å². The van der Waals surface area contributed by atoms with Gasteiger partial charge in [-0.25, -0.2) is 9.78 Å². The standard InChI is InChI=1S/C36H48N4O3S/c1-2-3-4-5-6-7-8-10-26-43-36(41)38-35-18-16-29-15-17-30(28-32(29)37-35)42-25-11-9-20-39-21-23-40(24-22-39)33-13-12-14-34-31(33)19-27-44-34/h12-19,27-28H,2-11,20-26H2,1H3,(H,37,38,41). The number of nitrogens with zero attached hydrogens (tertiary/aromatic N) is 3. The number of fused-ring (bicyclic) bond motifs is 2. The highest BCUT2D eigenvalue weighted by molar-refractivity contribution is 7.17. The number of hydrogen-bond donors (Lipinski definition) is 1. The molecule has 2 aromatic heterocycles. The number of aromatic nitrogens is 1. The summed E-state index contributed by atoms with van der Waals surface area (Å²) in [7, 11) is 0. The summed E-state index contributed by atoms with van der Waals surface area (Å²) >= 11 is 1.82. The zero-order chi connectivity index (χ0) is 30.4. The van der Waals surface area contributed by atoms with Gasteiger partial charge in [-0.05, 0) is 73.7 Å². The fourth-order valence-corrected chi connectivity index (χ4v) is 6.70. The van der Waals surface area contributed by atoms with Crippen molar-refractivity contribution in [2.45, 2.75) is 71.1 Å². The molecule has 1 fully saturated rings. The molecule has 2 aromatic carbocycles. The lowest BCUT2D eigenvalue weighted by molar-refractivity contribution is 0.159. The first-order chi connectivity index (χ1) is 21.7. The predicted octanol–water partition coefficient (Wildman–Crippen LogP) is 9.12. The lowest BCUT2D eigenvalue weighted by Gasteiger charge is -2.36. The summed E-state index contributed by atoms with van der Waals surface area (Å²) in [4.78, 5) is 22.0. The van der Waals surface area contributed by atoms with Gasteiger partial charge in [0.15, 0.2) is 0 Å². The first-order valence-corrected chi connectivity index (χ1v) is 17.5. The van der Waals surface area contributed by atoms with E-state index < -0.39 is 6.09 Å². The number of hydrogen-bond acceptors (Lipinski definition) is 7. The number of carbonyl (C=O) groups is 1. The quantitative estimate of drug-likeness (QED) is 0.119. The van der Waals surface area contributed by atoms with Gasteiger partial charge in [0.2, 0.25) is 0 Å². The van der Waals surface area contributed by atoms with Crippen molar-refractivity contribution in [2.75, 3.05) is 56.2 Å². The first-order valence-electron chi connectivity index (χ1n) is 16.6. The molecule has 1 saturated heterocycles. The number of thiophene rings is 1. The van der Waals surface area contributed by atoms with Gasteiger partial charge in [-0.1, -0.05) is 57.9 Å². The number of carbonyl (C=O) groups excluding carboxylic acids is 1. The van der Waals surface area contributed by atoms with Gasteiger partial charge >= 0.3 is 6.09 Å². The smallest absolute Gasteiger partial charge is 0.412 e. The molecule has 1 aliphatic rings. The van der Waals surface area contributed by atoms with Crippen molar-refractivity contribution < 1.29 is 14.3 Å². The Morgan fingerprint density at radius 3 is 2.48 bits per heavy atom. The molecule has 1 N–H and O–H groups in total. The molecule has 1 aliphatic heterocycles. The summed E-state index contributed by atoms with van der Waals surface area (Å²) < 4.78 is 12.8. The van der Waals surface area contributed by atoms with Gasteiger partial charge in [0.05, 0.1) is 18.7 Å². The van der Waals surface area contributed by atoms with Gasteiger partial charge in [0.1, 0.15) is 11.6 Å². The summed E-state index contributed by atoms with van der Waals surface area (Å²) in [6, 6.07) is 18.6. The Bertz CT molecular complexity index is 1450. The van der Waals surface area contributed by atoms with E-state index in [2.05, 4.69) is 56.7 Å². The maximum absolute atomic E-state index is 12.3. The summed E-state index contributed by atoms with van der Waals surface area (Å²) in [5, 5.41) is 7.34. The second-order valence-electron chi connectivity index (χ2n) is 11.8. The molecule has 4 aromatic rings. The molecule has 236 valence electrons. The Hall–Kier alpha value is -3.36. The van der Waals surface area contributed by atoms with Crippen LogP contribution in [0.2, 0.25) is 0 Å². The molecule has 0 aliphatic carbocycles. The lowest BCUT2D eigenvalue weighted by Crippen LogP contribution is -2.46. The molecule has 0 bridgehead atoms. The third-order valence-electron chi connectivity index (χ3n) is 8.45. The SMILES string of the molecule is CCCCCCCCCCOC(=O)Nc1ccc2ccc(OCCCCN3CCN(c4cccc5sccc45)CC3)cc2n1. The summed E-state index contributed by atoms with van der Waals surface area (Å²) in [5.74, 6) is 1.29. The van der Waals surface area contributed by atoms with E-state index in [4.69, 9.17) is 9.47 Å². The van der Waals surface area contributed by atoms with Gasteiger partial charge in [0.25, 0.3) is 0 Å². The molecule has 0 saturated carbocycles. The summed E-state index contributed by atoms with van der Waals surface area (Å²) in [5.41, 5.74) is 2.16. The number of pyridine rings is 1. The van der Waals surface area contributed by atoms with Gasteiger partial charge in [-0.15, -0.1) is 11.3 Å². The molecule has 0 unspecified atom stereocenters. The van der Waals surface area contributed by atoms with Crippen molar-refractivity contribution >= 4 is 49.9 Å². The van der Waals surface area contributed by atoms with Crippen LogP contribution < -0.4 is 15.0 Å². The Balaban J connectivity index is 0.966. The molecule has 7 nitrogen and oxygen atoms in total. The molecule has 8 heteroatoms. The van der Waals surface area contributed by atoms with E-state index in [1.54, 1.807) is 0 Å². The Morgan fingerprint density at radius 2 is 1.64 bits per heavy atom. The number of benzene rings is 2. The van der Waals surface area contributed by atoms with Crippen molar-refractivity contribution in [2.24, 2.45) is 0 Å². The van der Waals surface area contributed by atoms with Crippen LogP contribution in [-0.4, -0.2) is 61.9 Å². The van der Waals surface area contributed by atoms with E-state index in [1.807, 2.05) is 41.7 Å². The highest BCUT2D eigenvalue weighted by atomic mass is 32.1. The van der Waals surface area contributed by atoms with Crippen LogP contribution in [-0.2, 0) is 4.74 Å². The number of nitrogens with one attached hydrogen (secondary N) is 1. The largest absolute Gasteiger partial charge is 0.494 e. The minimum atomic E-state index is -0.451. The minimum absolute atomic E-state index is 0.439. The van der Waals surface area contributed by atoms with E-state index in [1.165, 1.54) is 54.3 Å². The van der Waals surface area contributed by atoms with Crippen LogP contribution in [0.25, 0.3) is 21.0 Å². The van der Waals surface area contributed by atoms with E-state index >= 15 is 0 Å². The normalized spacial score (nSPS) is 13.9. The maximum Gasteiger partial charge on any atom is 0.412 e. The van der Waals surface area contributed by atoms with Gasteiger partial charge in [0, 0.05) is 53.4 Å². The van der Waals surface area contributed by atoms with Crippen LogP contribution in [0.1, 0.15) is 71.1 Å². The lowest BCUT2D eigenvalue weighted by atomic mass is 10.1. The molecule has 0 radical (unpaired) electrons. The number of amides is 1. The van der Waals surface area contributed by atoms with Crippen LogP contribution in [0.4, 0.5) is 16.3 Å². The summed E-state index contributed by atoms with van der Waals surface area (Å²) in [6.07, 6.45) is 11.4. The third kappa shape index (κ3) is 9.57. The molecule has 0 spiro atoms. The van der Waals surface area contributed by atoms with Crippen molar-refractivity contribution in [1.29, 1.82) is 0 Å². The minimum Gasteiger partial charge on any atom is -0.494 e. The highest BCUT2D eigenvalue weighted by Crippen LogP contribution is 2.31. The van der Waals surface area contributed by atoms with Crippen LogP contribution in [0.3, 0.4) is 0 Å². The van der Waals surface area contributed by atoms with E-state index in [0.717, 1.165) is 75.1 Å². The molecule has 1 amide bonds. The molecule has 3 heterocycles. The van der Waals surface area contributed by atoms with Gasteiger partial charge in [-0.3, -0.25) is 10.2 Å². The predicted molar refractivity (Wildman–Crippen MR) is 185 cm³/mol. The van der Waals surface area contributed by atoms with Crippen LogP contribution >= 0.6 is 11.3 Å². The fourth-order valence-electron chi connectivity index (χ4n) is 5.89. The maximum atomic E-state index is 12.3. The number of rotatable bonds is 17. The van der Waals surface area contributed by atoms with Gasteiger partial charge in [-0.2, -0.15) is 0 Å². The third-order valence-corrected chi connectivity index (χ3v) is 9.33. The fraction of sp³-hybridized carbons (Fsp3) is 0.500. The van der Waals surface area contributed by atoms with Crippen molar-refractivity contribution in [3.05, 3.63) is 60.0 Å². The Labute approximate surface area is 266 Å². The number of piperazine rings is 1. The molecule has 44 heavy (non-hydrogen) atoms. The zero-order valence-corrected chi connectivity index (χ0v) is 27.1. The monoisotopic (exact) mass is 616 g/mol. The number of unbranched alkanes of at least 4 members (excludes halogenated alkanes) is 8. The molecular weight excluding hydrogens is 568 g/mol. The Morgan fingerprint density at radius 1 is 0.864 bits per heavy atom. The zero-order valence-electron chi connectivity index (χ0n) is 26.3. The van der Waals surface area contributed by atoms with Gasteiger partial charge < -0.3 is 14.4 Å².